The number of benzene rings is 5. The molecule has 0 aliphatic carbocycles. The van der Waals surface area contributed by atoms with E-state index < -0.39 is 0 Å². The molecule has 0 saturated heterocycles. The molecule has 4 aromatic heterocycles. The van der Waals surface area contributed by atoms with Crippen LogP contribution in [0.5, 0.6) is 0 Å². The van der Waals surface area contributed by atoms with Crippen LogP contribution in [0, 0.1) is 0 Å². The van der Waals surface area contributed by atoms with Crippen molar-refractivity contribution in [1.82, 2.24) is 34.9 Å². The van der Waals surface area contributed by atoms with Gasteiger partial charge in [-0.1, -0.05) is 121 Å². The molecule has 7 heteroatoms. The molecular formula is C43H27N7. The van der Waals surface area contributed by atoms with Crippen LogP contribution in [0.3, 0.4) is 0 Å². The van der Waals surface area contributed by atoms with Gasteiger partial charge < -0.3 is 0 Å². The Balaban J connectivity index is 1.04. The Kier molecular flexibility index (Phi) is 7.33. The van der Waals surface area contributed by atoms with E-state index in [2.05, 4.69) is 82.8 Å². The Bertz CT molecular complexity index is 2570. The molecule has 0 N–H and O–H groups in total. The van der Waals surface area contributed by atoms with Crippen molar-refractivity contribution in [2.45, 2.75) is 0 Å². The van der Waals surface area contributed by atoms with Crippen LogP contribution in [-0.4, -0.2) is 34.9 Å². The van der Waals surface area contributed by atoms with Crippen LogP contribution in [0.15, 0.2) is 164 Å². The molecule has 0 bridgehead atoms. The molecule has 0 amide bonds. The molecule has 234 valence electrons. The maximum Gasteiger partial charge on any atom is 0.178 e. The predicted molar refractivity (Wildman–Crippen MR) is 199 cm³/mol. The monoisotopic (exact) mass is 641 g/mol. The second-order valence-electron chi connectivity index (χ2n) is 11.9. The van der Waals surface area contributed by atoms with E-state index >= 15 is 0 Å². The van der Waals surface area contributed by atoms with Gasteiger partial charge in [-0.3, -0.25) is 0 Å². The Morgan fingerprint density at radius 2 is 0.720 bits per heavy atom. The lowest BCUT2D eigenvalue weighted by atomic mass is 10.0. The maximum atomic E-state index is 5.08. The van der Waals surface area contributed by atoms with Crippen molar-refractivity contribution in [2.75, 3.05) is 0 Å². The van der Waals surface area contributed by atoms with Gasteiger partial charge in [0.25, 0.3) is 0 Å². The van der Waals surface area contributed by atoms with Crippen molar-refractivity contribution in [2.24, 2.45) is 0 Å². The molecule has 0 saturated carbocycles. The van der Waals surface area contributed by atoms with Gasteiger partial charge in [0, 0.05) is 45.4 Å². The second-order valence-corrected chi connectivity index (χ2v) is 11.9. The Morgan fingerprint density at radius 1 is 0.280 bits per heavy atom. The molecule has 0 spiro atoms. The lowest BCUT2D eigenvalue weighted by Gasteiger charge is -2.10. The molecule has 5 aromatic carbocycles. The molecule has 9 rings (SSSR count). The molecule has 0 atom stereocenters. The summed E-state index contributed by atoms with van der Waals surface area (Å²) in [5.74, 6) is 2.51. The first-order valence-corrected chi connectivity index (χ1v) is 16.3. The maximum absolute atomic E-state index is 5.08. The van der Waals surface area contributed by atoms with E-state index in [9.17, 15) is 0 Å². The number of hydrogen-bond donors (Lipinski definition) is 0. The van der Waals surface area contributed by atoms with Gasteiger partial charge in [-0.2, -0.15) is 0 Å². The van der Waals surface area contributed by atoms with Crippen molar-refractivity contribution in [3.63, 3.8) is 0 Å². The molecule has 0 radical (unpaired) electrons. The van der Waals surface area contributed by atoms with E-state index in [1.807, 2.05) is 72.8 Å². The lowest BCUT2D eigenvalue weighted by molar-refractivity contribution is 1.07. The number of rotatable bonds is 6. The van der Waals surface area contributed by atoms with E-state index in [4.69, 9.17) is 24.9 Å². The van der Waals surface area contributed by atoms with Crippen LogP contribution in [0.25, 0.3) is 89.9 Å². The van der Waals surface area contributed by atoms with E-state index in [0.717, 1.165) is 66.6 Å². The highest BCUT2D eigenvalue weighted by Crippen LogP contribution is 2.30. The largest absolute Gasteiger partial charge is 0.248 e. The minimum Gasteiger partial charge on any atom is -0.248 e. The quantitative estimate of drug-likeness (QED) is 0.179. The fraction of sp³-hybridized carbons (Fsp3) is 0. The number of hydrogen-bond acceptors (Lipinski definition) is 7. The first kappa shape index (κ1) is 29.2. The molecule has 9 aromatic rings. The van der Waals surface area contributed by atoms with Gasteiger partial charge in [0.1, 0.15) is 5.69 Å². The normalized spacial score (nSPS) is 11.2. The average Bonchev–Trinajstić information content (AvgIpc) is 3.21. The molecule has 7 nitrogen and oxygen atoms in total. The van der Waals surface area contributed by atoms with Crippen LogP contribution < -0.4 is 0 Å². The van der Waals surface area contributed by atoms with Gasteiger partial charge in [0.05, 0.1) is 16.7 Å². The van der Waals surface area contributed by atoms with E-state index in [1.54, 1.807) is 18.5 Å². The fourth-order valence-corrected chi connectivity index (χ4v) is 6.04. The summed E-state index contributed by atoms with van der Waals surface area (Å²) >= 11 is 0. The van der Waals surface area contributed by atoms with Crippen LogP contribution >= 0.6 is 0 Å². The van der Waals surface area contributed by atoms with E-state index in [-0.39, 0.29) is 0 Å². The van der Waals surface area contributed by atoms with Crippen molar-refractivity contribution in [1.29, 1.82) is 0 Å². The zero-order valence-corrected chi connectivity index (χ0v) is 26.7. The molecule has 0 unspecified atom stereocenters. The number of fused-ring (bicyclic) bond motifs is 2. The summed E-state index contributed by atoms with van der Waals surface area (Å²) in [4.78, 5) is 33.2. The SMILES string of the molecule is c1ccc(-c2nc(-c3ccccc3)nc(-c3ccc(-c4ccc5ccc(-c6ccc7ccc(-c8ncccn8)nc7c6)nc5c4)cc3)n2)cc1. The van der Waals surface area contributed by atoms with Crippen LogP contribution in [-0.2, 0) is 0 Å². The fourth-order valence-electron chi connectivity index (χ4n) is 6.04. The smallest absolute Gasteiger partial charge is 0.178 e. The summed E-state index contributed by atoms with van der Waals surface area (Å²) in [6.07, 6.45) is 3.45. The summed E-state index contributed by atoms with van der Waals surface area (Å²) in [6, 6.07) is 51.0. The third-order valence-electron chi connectivity index (χ3n) is 8.65. The highest BCUT2D eigenvalue weighted by atomic mass is 15.0. The molecule has 4 heterocycles. The van der Waals surface area contributed by atoms with Crippen LogP contribution in [0.1, 0.15) is 0 Å². The highest BCUT2D eigenvalue weighted by molar-refractivity contribution is 5.89. The standard InChI is InChI=1S/C43H27N7/c1-3-8-31(9-4-1)40-48-41(32-10-5-2-6-11-32)50-42(49-40)33-16-12-28(13-17-33)34-18-14-29-20-22-36(46-38(29)26-34)35-19-15-30-21-23-37(47-39(30)27-35)43-44-24-7-25-45-43/h1-27H. The van der Waals surface area contributed by atoms with Gasteiger partial charge in [-0.15, -0.1) is 0 Å². The van der Waals surface area contributed by atoms with Crippen molar-refractivity contribution in [3.8, 4) is 68.1 Å². The van der Waals surface area contributed by atoms with Gasteiger partial charge in [0.15, 0.2) is 23.3 Å². The van der Waals surface area contributed by atoms with Gasteiger partial charge in [0.2, 0.25) is 0 Å². The minimum atomic E-state index is 0.603. The lowest BCUT2D eigenvalue weighted by Crippen LogP contribution is -2.00. The summed E-state index contributed by atoms with van der Waals surface area (Å²) in [6.45, 7) is 0. The first-order chi connectivity index (χ1) is 24.7. The number of pyridine rings is 2. The van der Waals surface area contributed by atoms with Gasteiger partial charge in [-0.25, -0.2) is 34.9 Å². The van der Waals surface area contributed by atoms with Crippen LogP contribution in [0.4, 0.5) is 0 Å². The summed E-state index contributed by atoms with van der Waals surface area (Å²) in [5.41, 5.74) is 9.36. The van der Waals surface area contributed by atoms with Crippen molar-refractivity contribution >= 4 is 21.8 Å². The number of aromatic nitrogens is 7. The predicted octanol–water partition coefficient (Wildman–Crippen LogP) is 9.76. The Hall–Kier alpha value is -6.99. The Morgan fingerprint density at radius 3 is 1.32 bits per heavy atom. The van der Waals surface area contributed by atoms with E-state index in [1.165, 1.54) is 0 Å². The Labute approximate surface area is 288 Å². The third-order valence-corrected chi connectivity index (χ3v) is 8.65. The highest BCUT2D eigenvalue weighted by Gasteiger charge is 2.13. The molecule has 50 heavy (non-hydrogen) atoms. The van der Waals surface area contributed by atoms with Crippen LogP contribution in [0.2, 0.25) is 0 Å². The van der Waals surface area contributed by atoms with Gasteiger partial charge >= 0.3 is 0 Å². The molecule has 0 aliphatic heterocycles. The second kappa shape index (κ2) is 12.6. The summed E-state index contributed by atoms with van der Waals surface area (Å²) in [5, 5.41) is 2.12. The molecule has 0 fully saturated rings. The van der Waals surface area contributed by atoms with Crippen molar-refractivity contribution in [3.05, 3.63) is 164 Å². The zero-order valence-electron chi connectivity index (χ0n) is 26.7. The van der Waals surface area contributed by atoms with E-state index in [0.29, 0.717) is 23.3 Å². The molecule has 0 aliphatic rings. The number of nitrogens with zero attached hydrogens (tertiary/aromatic N) is 7. The topological polar surface area (TPSA) is 90.2 Å². The molecular weight excluding hydrogens is 615 g/mol. The zero-order chi connectivity index (χ0) is 33.3. The van der Waals surface area contributed by atoms with Gasteiger partial charge in [-0.05, 0) is 41.5 Å². The average molecular weight is 642 g/mol. The first-order valence-electron chi connectivity index (χ1n) is 16.3. The van der Waals surface area contributed by atoms with Crippen molar-refractivity contribution < 1.29 is 0 Å². The minimum absolute atomic E-state index is 0.603. The third kappa shape index (κ3) is 5.73. The summed E-state index contributed by atoms with van der Waals surface area (Å²) in [7, 11) is 0. The summed E-state index contributed by atoms with van der Waals surface area (Å²) < 4.78 is 0.